The Morgan fingerprint density at radius 2 is 1.92 bits per heavy atom. The molecule has 3 heterocycles. The standard InChI is InChI=1S/C23H26N2O/c1-16-8-10-20-19(14-16)23-21-11-9-18(24(21)2)15-22(23)25(20)26-13-12-17-6-4-3-5-7-17/h3-8,10,14,18,21H,9,11-13,15H2,1-2H3. The Morgan fingerprint density at radius 1 is 1.08 bits per heavy atom. The molecule has 3 aromatic rings. The highest BCUT2D eigenvalue weighted by molar-refractivity contribution is 5.87. The van der Waals surface area contributed by atoms with E-state index in [1.807, 2.05) is 0 Å². The molecule has 26 heavy (non-hydrogen) atoms. The van der Waals surface area contributed by atoms with Crippen molar-refractivity contribution in [2.45, 2.75) is 44.7 Å². The van der Waals surface area contributed by atoms with Gasteiger partial charge in [-0.1, -0.05) is 42.0 Å². The SMILES string of the molecule is Cc1ccc2c(c1)c1c(n2OCCc2ccccc2)CC2CCC1N2C. The number of aromatic nitrogens is 1. The largest absolute Gasteiger partial charge is 0.413 e. The lowest BCUT2D eigenvalue weighted by molar-refractivity contribution is 0.107. The van der Waals surface area contributed by atoms with Gasteiger partial charge in [0.1, 0.15) is 6.61 Å². The lowest BCUT2D eigenvalue weighted by Crippen LogP contribution is -2.35. The van der Waals surface area contributed by atoms with Gasteiger partial charge in [0.15, 0.2) is 0 Å². The second-order valence-electron chi connectivity index (χ2n) is 7.86. The maximum absolute atomic E-state index is 6.36. The number of hydrogen-bond donors (Lipinski definition) is 0. The van der Waals surface area contributed by atoms with E-state index in [1.165, 1.54) is 46.1 Å². The molecule has 0 saturated carbocycles. The molecule has 5 rings (SSSR count). The van der Waals surface area contributed by atoms with Crippen LogP contribution in [0.3, 0.4) is 0 Å². The molecule has 0 radical (unpaired) electrons. The average Bonchev–Trinajstić information content (AvgIpc) is 3.06. The zero-order valence-electron chi connectivity index (χ0n) is 15.6. The van der Waals surface area contributed by atoms with Gasteiger partial charge in [0.2, 0.25) is 0 Å². The van der Waals surface area contributed by atoms with Gasteiger partial charge in [0.25, 0.3) is 0 Å². The van der Waals surface area contributed by atoms with Crippen molar-refractivity contribution in [1.82, 2.24) is 9.63 Å². The third kappa shape index (κ3) is 2.45. The molecule has 0 aliphatic carbocycles. The van der Waals surface area contributed by atoms with E-state index in [4.69, 9.17) is 4.84 Å². The zero-order valence-corrected chi connectivity index (χ0v) is 15.6. The highest BCUT2D eigenvalue weighted by Gasteiger charge is 2.41. The van der Waals surface area contributed by atoms with Gasteiger partial charge in [-0.3, -0.25) is 4.90 Å². The minimum absolute atomic E-state index is 0.548. The molecular formula is C23H26N2O. The molecule has 1 fully saturated rings. The number of hydrogen-bond acceptors (Lipinski definition) is 2. The maximum atomic E-state index is 6.36. The fraction of sp³-hybridized carbons (Fsp3) is 0.391. The number of benzene rings is 2. The number of fused-ring (bicyclic) bond motifs is 6. The van der Waals surface area contributed by atoms with Crippen LogP contribution in [0, 0.1) is 6.92 Å². The molecule has 2 aromatic carbocycles. The van der Waals surface area contributed by atoms with Crippen molar-refractivity contribution in [3.63, 3.8) is 0 Å². The van der Waals surface area contributed by atoms with E-state index >= 15 is 0 Å². The van der Waals surface area contributed by atoms with Crippen LogP contribution in [0.15, 0.2) is 48.5 Å². The van der Waals surface area contributed by atoms with Crippen LogP contribution in [0.1, 0.15) is 41.3 Å². The summed E-state index contributed by atoms with van der Waals surface area (Å²) >= 11 is 0. The first-order chi connectivity index (χ1) is 12.7. The highest BCUT2D eigenvalue weighted by atomic mass is 16.7. The Kier molecular flexibility index (Phi) is 3.79. The van der Waals surface area contributed by atoms with Crippen molar-refractivity contribution in [3.8, 4) is 0 Å². The number of rotatable bonds is 4. The molecule has 2 atom stereocenters. The molecule has 3 nitrogen and oxygen atoms in total. The monoisotopic (exact) mass is 346 g/mol. The quantitative estimate of drug-likeness (QED) is 0.700. The topological polar surface area (TPSA) is 17.4 Å². The van der Waals surface area contributed by atoms with Crippen LogP contribution < -0.4 is 4.84 Å². The lowest BCUT2D eigenvalue weighted by atomic mass is 9.97. The Hall–Kier alpha value is -2.26. The lowest BCUT2D eigenvalue weighted by Gasteiger charge is -2.32. The summed E-state index contributed by atoms with van der Waals surface area (Å²) in [6.07, 6.45) is 4.60. The first-order valence-electron chi connectivity index (χ1n) is 9.75. The van der Waals surface area contributed by atoms with Crippen molar-refractivity contribution in [1.29, 1.82) is 0 Å². The maximum Gasteiger partial charge on any atom is 0.119 e. The summed E-state index contributed by atoms with van der Waals surface area (Å²) in [5, 5.41) is 1.39. The predicted octanol–water partition coefficient (Wildman–Crippen LogP) is 4.31. The summed E-state index contributed by atoms with van der Waals surface area (Å²) in [4.78, 5) is 8.94. The molecule has 134 valence electrons. The molecule has 1 aromatic heterocycles. The van der Waals surface area contributed by atoms with Gasteiger partial charge in [-0.05, 0) is 44.5 Å². The summed E-state index contributed by atoms with van der Waals surface area (Å²) in [5.74, 6) is 0. The van der Waals surface area contributed by atoms with E-state index in [9.17, 15) is 0 Å². The molecule has 1 saturated heterocycles. The van der Waals surface area contributed by atoms with E-state index in [1.54, 1.807) is 0 Å². The molecule has 0 amide bonds. The molecule has 2 aliphatic heterocycles. The first kappa shape index (κ1) is 16.0. The van der Waals surface area contributed by atoms with Crippen LogP contribution in [0.5, 0.6) is 0 Å². The van der Waals surface area contributed by atoms with Gasteiger partial charge < -0.3 is 4.84 Å². The van der Waals surface area contributed by atoms with Crippen molar-refractivity contribution in [3.05, 3.63) is 70.9 Å². The van der Waals surface area contributed by atoms with Gasteiger partial charge in [-0.15, -0.1) is 0 Å². The van der Waals surface area contributed by atoms with Crippen LogP contribution in [-0.4, -0.2) is 29.3 Å². The van der Waals surface area contributed by atoms with E-state index in [-0.39, 0.29) is 0 Å². The van der Waals surface area contributed by atoms with E-state index in [2.05, 4.69) is 72.1 Å². The predicted molar refractivity (Wildman–Crippen MR) is 105 cm³/mol. The fourth-order valence-electron chi connectivity index (χ4n) is 4.89. The van der Waals surface area contributed by atoms with E-state index in [0.717, 1.165) is 12.8 Å². The van der Waals surface area contributed by atoms with Crippen LogP contribution in [0.25, 0.3) is 10.9 Å². The van der Waals surface area contributed by atoms with Crippen LogP contribution >= 0.6 is 0 Å². The Morgan fingerprint density at radius 3 is 2.77 bits per heavy atom. The average molecular weight is 346 g/mol. The van der Waals surface area contributed by atoms with Gasteiger partial charge >= 0.3 is 0 Å². The van der Waals surface area contributed by atoms with Crippen LogP contribution in [0.4, 0.5) is 0 Å². The minimum atomic E-state index is 0.548. The molecular weight excluding hydrogens is 320 g/mol. The number of nitrogens with zero attached hydrogens (tertiary/aromatic N) is 2. The Labute approximate surface area is 155 Å². The molecule has 2 unspecified atom stereocenters. The summed E-state index contributed by atoms with van der Waals surface area (Å²) in [5.41, 5.74) is 6.80. The molecule has 2 bridgehead atoms. The van der Waals surface area contributed by atoms with Crippen molar-refractivity contribution >= 4 is 10.9 Å². The Bertz CT molecular complexity index is 944. The highest BCUT2D eigenvalue weighted by Crippen LogP contribution is 2.46. The molecule has 0 N–H and O–H groups in total. The van der Waals surface area contributed by atoms with Gasteiger partial charge in [-0.2, -0.15) is 4.73 Å². The summed E-state index contributed by atoms with van der Waals surface area (Å²) in [6, 6.07) is 18.6. The smallest absolute Gasteiger partial charge is 0.119 e. The van der Waals surface area contributed by atoms with Crippen molar-refractivity contribution < 1.29 is 4.84 Å². The first-order valence-corrected chi connectivity index (χ1v) is 9.75. The van der Waals surface area contributed by atoms with Gasteiger partial charge in [0.05, 0.1) is 11.2 Å². The van der Waals surface area contributed by atoms with Crippen LogP contribution in [0.2, 0.25) is 0 Å². The van der Waals surface area contributed by atoms with E-state index in [0.29, 0.717) is 18.7 Å². The van der Waals surface area contributed by atoms with Crippen molar-refractivity contribution in [2.24, 2.45) is 0 Å². The summed E-state index contributed by atoms with van der Waals surface area (Å²) < 4.78 is 2.16. The molecule has 2 aliphatic rings. The van der Waals surface area contributed by atoms with Crippen LogP contribution in [-0.2, 0) is 12.8 Å². The third-order valence-electron chi connectivity index (χ3n) is 6.27. The second-order valence-corrected chi connectivity index (χ2v) is 7.86. The number of aryl methyl sites for hydroxylation is 1. The van der Waals surface area contributed by atoms with E-state index < -0.39 is 0 Å². The summed E-state index contributed by atoms with van der Waals surface area (Å²) in [6.45, 7) is 2.89. The third-order valence-corrected chi connectivity index (χ3v) is 6.27. The minimum Gasteiger partial charge on any atom is -0.413 e. The van der Waals surface area contributed by atoms with Gasteiger partial charge in [-0.25, -0.2) is 0 Å². The zero-order chi connectivity index (χ0) is 17.7. The Balaban J connectivity index is 1.52. The van der Waals surface area contributed by atoms with Gasteiger partial charge in [0, 0.05) is 35.9 Å². The number of likely N-dealkylation sites (N-methyl/N-ethyl adjacent to an activating group) is 1. The molecule has 0 spiro atoms. The summed E-state index contributed by atoms with van der Waals surface area (Å²) in [7, 11) is 2.29. The fourth-order valence-corrected chi connectivity index (χ4v) is 4.89. The second kappa shape index (κ2) is 6.17. The van der Waals surface area contributed by atoms with Crippen molar-refractivity contribution in [2.75, 3.05) is 13.7 Å². The normalized spacial score (nSPS) is 21.9. The molecule has 3 heteroatoms.